The van der Waals surface area contributed by atoms with Gasteiger partial charge in [-0.3, -0.25) is 4.79 Å². The zero-order valence-electron chi connectivity index (χ0n) is 8.59. The predicted octanol–water partition coefficient (Wildman–Crippen LogP) is 3.09. The Morgan fingerprint density at radius 1 is 1.60 bits per heavy atom. The van der Waals surface area contributed by atoms with Crippen LogP contribution in [0, 0.1) is 5.82 Å². The molecule has 1 aromatic carbocycles. The van der Waals surface area contributed by atoms with Crippen LogP contribution in [0.3, 0.4) is 0 Å². The van der Waals surface area contributed by atoms with E-state index in [1.807, 2.05) is 0 Å². The molecule has 82 valence electrons. The van der Waals surface area contributed by atoms with E-state index >= 15 is 0 Å². The lowest BCUT2D eigenvalue weighted by Crippen LogP contribution is -1.99. The van der Waals surface area contributed by atoms with E-state index in [0.717, 1.165) is 0 Å². The van der Waals surface area contributed by atoms with Gasteiger partial charge in [0.1, 0.15) is 5.78 Å². The summed E-state index contributed by atoms with van der Waals surface area (Å²) in [6, 6.07) is 4.35. The standard InChI is InChI=1S/C11H12ClFO2/c1-7(14)5-9(12)8-3-4-10(13)11(6-8)15-2/h3-4,6,9H,5H2,1-2H3. The van der Waals surface area contributed by atoms with E-state index in [1.54, 1.807) is 6.07 Å². The summed E-state index contributed by atoms with van der Waals surface area (Å²) in [6.07, 6.45) is 0.232. The van der Waals surface area contributed by atoms with Crippen LogP contribution in [-0.2, 0) is 4.79 Å². The van der Waals surface area contributed by atoms with Crippen LogP contribution < -0.4 is 4.74 Å². The summed E-state index contributed by atoms with van der Waals surface area (Å²) in [4.78, 5) is 10.9. The Morgan fingerprint density at radius 3 is 2.80 bits per heavy atom. The Labute approximate surface area is 93.0 Å². The molecule has 0 aliphatic heterocycles. The Hall–Kier alpha value is -1.09. The van der Waals surface area contributed by atoms with Crippen molar-refractivity contribution in [3.05, 3.63) is 29.6 Å². The van der Waals surface area contributed by atoms with Crippen molar-refractivity contribution in [2.45, 2.75) is 18.7 Å². The molecule has 1 atom stereocenters. The second-order valence-corrected chi connectivity index (χ2v) is 3.79. The summed E-state index contributed by atoms with van der Waals surface area (Å²) in [5, 5.41) is -0.433. The van der Waals surface area contributed by atoms with E-state index in [4.69, 9.17) is 16.3 Å². The Bertz CT molecular complexity index is 366. The maximum atomic E-state index is 13.1. The minimum Gasteiger partial charge on any atom is -0.494 e. The fourth-order valence-corrected chi connectivity index (χ4v) is 1.59. The fourth-order valence-electron chi connectivity index (χ4n) is 1.24. The molecule has 0 aliphatic carbocycles. The van der Waals surface area contributed by atoms with Crippen molar-refractivity contribution in [2.24, 2.45) is 0 Å². The number of halogens is 2. The summed E-state index contributed by atoms with van der Waals surface area (Å²) in [5.74, 6) is -0.298. The SMILES string of the molecule is COc1cc(C(Cl)CC(C)=O)ccc1F. The quantitative estimate of drug-likeness (QED) is 0.743. The molecular formula is C11H12ClFO2. The smallest absolute Gasteiger partial charge is 0.165 e. The average Bonchev–Trinajstić information content (AvgIpc) is 2.17. The first-order valence-electron chi connectivity index (χ1n) is 4.51. The summed E-state index contributed by atoms with van der Waals surface area (Å²) >= 11 is 5.98. The molecular weight excluding hydrogens is 219 g/mol. The minimum absolute atomic E-state index is 0.00158. The van der Waals surface area contributed by atoms with Gasteiger partial charge in [-0.15, -0.1) is 11.6 Å². The molecule has 2 nitrogen and oxygen atoms in total. The van der Waals surface area contributed by atoms with Crippen molar-refractivity contribution in [2.75, 3.05) is 7.11 Å². The monoisotopic (exact) mass is 230 g/mol. The van der Waals surface area contributed by atoms with Crippen molar-refractivity contribution in [3.63, 3.8) is 0 Å². The molecule has 0 heterocycles. The van der Waals surface area contributed by atoms with Gasteiger partial charge >= 0.3 is 0 Å². The van der Waals surface area contributed by atoms with E-state index in [1.165, 1.54) is 26.2 Å². The first-order chi connectivity index (χ1) is 7.04. The van der Waals surface area contributed by atoms with E-state index in [2.05, 4.69) is 0 Å². The zero-order chi connectivity index (χ0) is 11.4. The van der Waals surface area contributed by atoms with E-state index in [9.17, 15) is 9.18 Å². The number of methoxy groups -OCH3 is 1. The molecule has 1 unspecified atom stereocenters. The van der Waals surface area contributed by atoms with Gasteiger partial charge in [-0.1, -0.05) is 6.07 Å². The van der Waals surface area contributed by atoms with Gasteiger partial charge < -0.3 is 4.74 Å². The van der Waals surface area contributed by atoms with Gasteiger partial charge in [-0.2, -0.15) is 0 Å². The number of carbonyl (C=O) groups excluding carboxylic acids is 1. The molecule has 0 spiro atoms. The van der Waals surface area contributed by atoms with Crippen LogP contribution in [0.4, 0.5) is 4.39 Å². The van der Waals surface area contributed by atoms with Crippen LogP contribution in [0.1, 0.15) is 24.3 Å². The van der Waals surface area contributed by atoms with E-state index in [0.29, 0.717) is 5.56 Å². The van der Waals surface area contributed by atoms with Crippen molar-refractivity contribution in [1.29, 1.82) is 0 Å². The minimum atomic E-state index is -0.437. The normalized spacial score (nSPS) is 12.3. The molecule has 0 saturated carbocycles. The fraction of sp³-hybridized carbons (Fsp3) is 0.364. The molecule has 15 heavy (non-hydrogen) atoms. The number of alkyl halides is 1. The molecule has 0 saturated heterocycles. The van der Waals surface area contributed by atoms with Crippen molar-refractivity contribution in [3.8, 4) is 5.75 Å². The number of rotatable bonds is 4. The average molecular weight is 231 g/mol. The van der Waals surface area contributed by atoms with Crippen LogP contribution in [0.5, 0.6) is 5.75 Å². The molecule has 1 aromatic rings. The molecule has 0 bridgehead atoms. The third-order valence-electron chi connectivity index (χ3n) is 2.00. The number of Topliss-reactive ketones (excluding diaryl/α,β-unsaturated/α-hetero) is 1. The second-order valence-electron chi connectivity index (χ2n) is 3.27. The topological polar surface area (TPSA) is 26.3 Å². The van der Waals surface area contributed by atoms with Crippen LogP contribution in [0.15, 0.2) is 18.2 Å². The lowest BCUT2D eigenvalue weighted by molar-refractivity contribution is -0.117. The molecule has 0 amide bonds. The van der Waals surface area contributed by atoms with Gasteiger partial charge in [0.15, 0.2) is 11.6 Å². The van der Waals surface area contributed by atoms with Gasteiger partial charge in [0.25, 0.3) is 0 Å². The van der Waals surface area contributed by atoms with Gasteiger partial charge in [-0.05, 0) is 24.6 Å². The highest BCUT2D eigenvalue weighted by atomic mass is 35.5. The largest absolute Gasteiger partial charge is 0.494 e. The lowest BCUT2D eigenvalue weighted by atomic mass is 10.1. The zero-order valence-corrected chi connectivity index (χ0v) is 9.34. The molecule has 0 aromatic heterocycles. The number of hydrogen-bond donors (Lipinski definition) is 0. The van der Waals surface area contributed by atoms with Crippen LogP contribution in [-0.4, -0.2) is 12.9 Å². The van der Waals surface area contributed by atoms with Gasteiger partial charge in [0.2, 0.25) is 0 Å². The van der Waals surface area contributed by atoms with Gasteiger partial charge in [-0.25, -0.2) is 4.39 Å². The molecule has 0 N–H and O–H groups in total. The Balaban J connectivity index is 2.90. The molecule has 4 heteroatoms. The predicted molar refractivity (Wildman–Crippen MR) is 56.8 cm³/mol. The second kappa shape index (κ2) is 5.12. The Morgan fingerprint density at radius 2 is 2.27 bits per heavy atom. The molecule has 1 rings (SSSR count). The first kappa shape index (κ1) is 12.0. The summed E-state index contributed by atoms with van der Waals surface area (Å²) in [7, 11) is 1.39. The van der Waals surface area contributed by atoms with Crippen molar-refractivity contribution >= 4 is 17.4 Å². The third kappa shape index (κ3) is 3.20. The first-order valence-corrected chi connectivity index (χ1v) is 4.95. The highest BCUT2D eigenvalue weighted by Crippen LogP contribution is 2.28. The van der Waals surface area contributed by atoms with E-state index < -0.39 is 11.2 Å². The number of ether oxygens (including phenoxy) is 1. The maximum Gasteiger partial charge on any atom is 0.165 e. The summed E-state index contributed by atoms with van der Waals surface area (Å²) in [5.41, 5.74) is 0.685. The number of hydrogen-bond acceptors (Lipinski definition) is 2. The molecule has 0 aliphatic rings. The summed E-state index contributed by atoms with van der Waals surface area (Å²) in [6.45, 7) is 1.47. The van der Waals surface area contributed by atoms with Crippen molar-refractivity contribution < 1.29 is 13.9 Å². The molecule has 0 fully saturated rings. The molecule has 0 radical (unpaired) electrons. The maximum absolute atomic E-state index is 13.1. The number of benzene rings is 1. The Kier molecular flexibility index (Phi) is 4.09. The van der Waals surface area contributed by atoms with Gasteiger partial charge in [0.05, 0.1) is 12.5 Å². The van der Waals surface area contributed by atoms with Crippen LogP contribution in [0.25, 0.3) is 0 Å². The van der Waals surface area contributed by atoms with Gasteiger partial charge in [0, 0.05) is 6.42 Å². The van der Waals surface area contributed by atoms with E-state index in [-0.39, 0.29) is 18.0 Å². The van der Waals surface area contributed by atoms with Crippen LogP contribution in [0.2, 0.25) is 0 Å². The highest BCUT2D eigenvalue weighted by Gasteiger charge is 2.13. The lowest BCUT2D eigenvalue weighted by Gasteiger charge is -2.09. The van der Waals surface area contributed by atoms with Crippen LogP contribution >= 0.6 is 11.6 Å². The number of carbonyl (C=O) groups is 1. The number of ketones is 1. The third-order valence-corrected chi connectivity index (χ3v) is 2.41. The highest BCUT2D eigenvalue weighted by molar-refractivity contribution is 6.21. The summed E-state index contributed by atoms with van der Waals surface area (Å²) < 4.78 is 17.9. The van der Waals surface area contributed by atoms with Crippen molar-refractivity contribution in [1.82, 2.24) is 0 Å².